The van der Waals surface area contributed by atoms with Gasteiger partial charge in [-0.1, -0.05) is 6.07 Å². The molecular formula is C18H22N2O4S. The third-order valence-electron chi connectivity index (χ3n) is 3.75. The van der Waals surface area contributed by atoms with Gasteiger partial charge in [-0.2, -0.15) is 0 Å². The summed E-state index contributed by atoms with van der Waals surface area (Å²) >= 11 is 0. The monoisotopic (exact) mass is 362 g/mol. The van der Waals surface area contributed by atoms with Crippen LogP contribution < -0.4 is 10.0 Å². The molecule has 3 N–H and O–H groups in total. The average Bonchev–Trinajstić information content (AvgIpc) is 2.55. The number of carbonyl (C=O) groups excluding carboxylic acids is 1. The van der Waals surface area contributed by atoms with Crippen LogP contribution in [-0.2, 0) is 10.0 Å². The highest BCUT2D eigenvalue weighted by molar-refractivity contribution is 7.92. The number of hydrogen-bond donors (Lipinski definition) is 3. The number of aliphatic hydroxyl groups is 1. The fraction of sp³-hybridized carbons (Fsp3) is 0.278. The Bertz CT molecular complexity index is 859. The molecule has 0 aliphatic rings. The van der Waals surface area contributed by atoms with Crippen molar-refractivity contribution in [3.8, 4) is 0 Å². The molecule has 7 heteroatoms. The lowest BCUT2D eigenvalue weighted by Gasteiger charge is -2.11. The normalized spacial score (nSPS) is 12.5. The maximum absolute atomic E-state index is 12.4. The number of aliphatic hydroxyl groups excluding tert-OH is 1. The van der Waals surface area contributed by atoms with Crippen molar-refractivity contribution < 1.29 is 18.3 Å². The number of aryl methyl sites for hydroxylation is 2. The topological polar surface area (TPSA) is 95.5 Å². The van der Waals surface area contributed by atoms with Crippen LogP contribution in [0.3, 0.4) is 0 Å². The van der Waals surface area contributed by atoms with Gasteiger partial charge in [-0.05, 0) is 68.3 Å². The molecule has 0 fully saturated rings. The van der Waals surface area contributed by atoms with Crippen molar-refractivity contribution in [2.24, 2.45) is 0 Å². The molecule has 2 aromatic carbocycles. The Balaban J connectivity index is 2.12. The molecule has 0 aliphatic carbocycles. The SMILES string of the molecule is Cc1ccc(S(=O)(=O)Nc2ccc(C(=O)NCC(C)O)cc2)cc1C. The van der Waals surface area contributed by atoms with Crippen LogP contribution in [0.1, 0.15) is 28.4 Å². The number of carbonyl (C=O) groups is 1. The van der Waals surface area contributed by atoms with Crippen molar-refractivity contribution in [2.45, 2.75) is 31.8 Å². The maximum Gasteiger partial charge on any atom is 0.261 e. The molecule has 1 atom stereocenters. The van der Waals surface area contributed by atoms with E-state index < -0.39 is 16.1 Å². The minimum absolute atomic E-state index is 0.153. The highest BCUT2D eigenvalue weighted by atomic mass is 32.2. The summed E-state index contributed by atoms with van der Waals surface area (Å²) in [5.74, 6) is -0.329. The summed E-state index contributed by atoms with van der Waals surface area (Å²) in [5.41, 5.74) is 2.67. The van der Waals surface area contributed by atoms with Gasteiger partial charge in [-0.25, -0.2) is 8.42 Å². The fourth-order valence-electron chi connectivity index (χ4n) is 2.13. The first-order chi connectivity index (χ1) is 11.7. The van der Waals surface area contributed by atoms with Crippen LogP contribution in [0.2, 0.25) is 0 Å². The van der Waals surface area contributed by atoms with Gasteiger partial charge in [0.1, 0.15) is 0 Å². The van der Waals surface area contributed by atoms with Crippen molar-refractivity contribution in [3.63, 3.8) is 0 Å². The van der Waals surface area contributed by atoms with Crippen LogP contribution in [0.5, 0.6) is 0 Å². The van der Waals surface area contributed by atoms with Crippen LogP contribution in [0, 0.1) is 13.8 Å². The second-order valence-electron chi connectivity index (χ2n) is 5.99. The van der Waals surface area contributed by atoms with Gasteiger partial charge in [0, 0.05) is 17.8 Å². The van der Waals surface area contributed by atoms with Gasteiger partial charge < -0.3 is 10.4 Å². The van der Waals surface area contributed by atoms with Crippen LogP contribution in [0.25, 0.3) is 0 Å². The summed E-state index contributed by atoms with van der Waals surface area (Å²) < 4.78 is 27.4. The van der Waals surface area contributed by atoms with Crippen molar-refractivity contribution in [1.29, 1.82) is 0 Å². The number of anilines is 1. The predicted molar refractivity (Wildman–Crippen MR) is 97.2 cm³/mol. The fourth-order valence-corrected chi connectivity index (χ4v) is 3.27. The zero-order chi connectivity index (χ0) is 18.6. The van der Waals surface area contributed by atoms with Gasteiger partial charge in [0.2, 0.25) is 0 Å². The molecule has 2 aromatic rings. The quantitative estimate of drug-likeness (QED) is 0.734. The third kappa shape index (κ3) is 5.04. The number of rotatable bonds is 6. The second kappa shape index (κ2) is 7.67. The second-order valence-corrected chi connectivity index (χ2v) is 7.67. The molecule has 0 saturated carbocycles. The molecule has 6 nitrogen and oxygen atoms in total. The summed E-state index contributed by atoms with van der Waals surface area (Å²) in [6.07, 6.45) is -0.631. The maximum atomic E-state index is 12.4. The first kappa shape index (κ1) is 19.0. The van der Waals surface area contributed by atoms with E-state index in [1.807, 2.05) is 13.8 Å². The van der Waals surface area contributed by atoms with Gasteiger partial charge in [-0.3, -0.25) is 9.52 Å². The highest BCUT2D eigenvalue weighted by Gasteiger charge is 2.15. The van der Waals surface area contributed by atoms with Gasteiger partial charge in [0.05, 0.1) is 11.0 Å². The third-order valence-corrected chi connectivity index (χ3v) is 5.12. The van der Waals surface area contributed by atoms with Crippen LogP contribution in [0.4, 0.5) is 5.69 Å². The van der Waals surface area contributed by atoms with E-state index in [1.54, 1.807) is 25.1 Å². The van der Waals surface area contributed by atoms with Crippen LogP contribution >= 0.6 is 0 Å². The van der Waals surface area contributed by atoms with Gasteiger partial charge >= 0.3 is 0 Å². The molecule has 1 amide bonds. The lowest BCUT2D eigenvalue weighted by molar-refractivity contribution is 0.0924. The summed E-state index contributed by atoms with van der Waals surface area (Å²) in [4.78, 5) is 12.1. The number of nitrogens with one attached hydrogen (secondary N) is 2. The minimum Gasteiger partial charge on any atom is -0.392 e. The Morgan fingerprint density at radius 3 is 2.28 bits per heavy atom. The summed E-state index contributed by atoms with van der Waals surface area (Å²) in [7, 11) is -3.69. The number of benzene rings is 2. The van der Waals surface area contributed by atoms with Crippen LogP contribution in [-0.4, -0.2) is 32.1 Å². The first-order valence-electron chi connectivity index (χ1n) is 7.85. The molecular weight excluding hydrogens is 340 g/mol. The van der Waals surface area contributed by atoms with E-state index in [4.69, 9.17) is 0 Å². The largest absolute Gasteiger partial charge is 0.392 e. The molecule has 0 aromatic heterocycles. The molecule has 0 saturated heterocycles. The summed E-state index contributed by atoms with van der Waals surface area (Å²) in [6.45, 7) is 5.50. The Labute approximate surface area is 147 Å². The molecule has 0 spiro atoms. The van der Waals surface area contributed by atoms with E-state index in [1.165, 1.54) is 24.3 Å². The van der Waals surface area contributed by atoms with Crippen molar-refractivity contribution in [3.05, 3.63) is 59.2 Å². The average molecular weight is 362 g/mol. The Morgan fingerprint density at radius 2 is 1.72 bits per heavy atom. The Morgan fingerprint density at radius 1 is 1.08 bits per heavy atom. The van der Waals surface area contributed by atoms with E-state index in [9.17, 15) is 18.3 Å². The zero-order valence-electron chi connectivity index (χ0n) is 14.4. The van der Waals surface area contributed by atoms with Gasteiger partial charge in [0.25, 0.3) is 15.9 Å². The van der Waals surface area contributed by atoms with Crippen molar-refractivity contribution in [1.82, 2.24) is 5.32 Å². The molecule has 0 radical (unpaired) electrons. The predicted octanol–water partition coefficient (Wildman–Crippen LogP) is 2.21. The van der Waals surface area contributed by atoms with E-state index in [-0.39, 0.29) is 17.3 Å². The van der Waals surface area contributed by atoms with E-state index in [0.29, 0.717) is 11.3 Å². The number of hydrogen-bond acceptors (Lipinski definition) is 4. The standard InChI is InChI=1S/C18H22N2O4S/c1-12-4-9-17(10-13(12)2)25(23,24)20-16-7-5-15(6-8-16)18(22)19-11-14(3)21/h4-10,14,20-21H,11H2,1-3H3,(H,19,22). The van der Waals surface area contributed by atoms with E-state index >= 15 is 0 Å². The lowest BCUT2D eigenvalue weighted by atomic mass is 10.1. The van der Waals surface area contributed by atoms with Gasteiger partial charge in [-0.15, -0.1) is 0 Å². The smallest absolute Gasteiger partial charge is 0.261 e. The van der Waals surface area contributed by atoms with Gasteiger partial charge in [0.15, 0.2) is 0 Å². The Kier molecular flexibility index (Phi) is 5.81. The van der Waals surface area contributed by atoms with Crippen molar-refractivity contribution in [2.75, 3.05) is 11.3 Å². The molecule has 0 aliphatic heterocycles. The molecule has 2 rings (SSSR count). The lowest BCUT2D eigenvalue weighted by Crippen LogP contribution is -2.30. The Hall–Kier alpha value is -2.38. The summed E-state index contributed by atoms with van der Waals surface area (Å²) in [5, 5.41) is 11.7. The molecule has 0 bridgehead atoms. The molecule has 134 valence electrons. The molecule has 1 unspecified atom stereocenters. The number of amides is 1. The number of sulfonamides is 1. The van der Waals surface area contributed by atoms with E-state index in [2.05, 4.69) is 10.0 Å². The molecule has 25 heavy (non-hydrogen) atoms. The highest BCUT2D eigenvalue weighted by Crippen LogP contribution is 2.19. The van der Waals surface area contributed by atoms with Crippen LogP contribution in [0.15, 0.2) is 47.4 Å². The van der Waals surface area contributed by atoms with E-state index in [0.717, 1.165) is 11.1 Å². The zero-order valence-corrected chi connectivity index (χ0v) is 15.2. The first-order valence-corrected chi connectivity index (χ1v) is 9.34. The molecule has 0 heterocycles. The summed E-state index contributed by atoms with van der Waals surface area (Å²) in [6, 6.07) is 11.0. The van der Waals surface area contributed by atoms with Crippen molar-refractivity contribution >= 4 is 21.6 Å². The minimum atomic E-state index is -3.69.